The second kappa shape index (κ2) is 11.3. The molecule has 0 aliphatic carbocycles. The van der Waals surface area contributed by atoms with Gasteiger partial charge in [-0.05, 0) is 36.8 Å². The number of benzene rings is 1. The molecule has 0 aliphatic heterocycles. The molecule has 0 aliphatic rings. The Bertz CT molecular complexity index is 704. The molecular weight excluding hydrogens is 453 g/mol. The fourth-order valence-electron chi connectivity index (χ4n) is 2.54. The summed E-state index contributed by atoms with van der Waals surface area (Å²) < 4.78 is 5.11. The van der Waals surface area contributed by atoms with Crippen molar-refractivity contribution in [2.24, 2.45) is 4.99 Å². The Labute approximate surface area is 179 Å². The van der Waals surface area contributed by atoms with Crippen LogP contribution < -0.4 is 10.6 Å². The number of nitrogens with zero attached hydrogens (tertiary/aromatic N) is 3. The molecule has 6 nitrogen and oxygen atoms in total. The highest BCUT2D eigenvalue weighted by atomic mass is 127. The van der Waals surface area contributed by atoms with Crippen LogP contribution >= 0.6 is 24.0 Å². The molecule has 0 bridgehead atoms. The summed E-state index contributed by atoms with van der Waals surface area (Å²) in [6.45, 7) is 12.8. The molecule has 1 aromatic heterocycles. The lowest BCUT2D eigenvalue weighted by molar-refractivity contribution is 0.376. The quantitative estimate of drug-likeness (QED) is 0.356. The summed E-state index contributed by atoms with van der Waals surface area (Å²) in [7, 11) is 0. The van der Waals surface area contributed by atoms with Crippen molar-refractivity contribution in [3.05, 3.63) is 47.1 Å². The van der Waals surface area contributed by atoms with Gasteiger partial charge in [0.2, 0.25) is 5.89 Å². The SMILES string of the molecule is CCNC(=NCCc1nc(C)no1)NCCc1ccc(C(C)(C)C)cc1.I. The number of nitrogens with one attached hydrogen (secondary N) is 2. The molecule has 0 atom stereocenters. The van der Waals surface area contributed by atoms with E-state index in [-0.39, 0.29) is 29.4 Å². The zero-order chi connectivity index (χ0) is 19.0. The van der Waals surface area contributed by atoms with Gasteiger partial charge < -0.3 is 15.2 Å². The smallest absolute Gasteiger partial charge is 0.228 e. The highest BCUT2D eigenvalue weighted by Crippen LogP contribution is 2.22. The van der Waals surface area contributed by atoms with E-state index >= 15 is 0 Å². The Hall–Kier alpha value is -1.64. The third-order valence-electron chi connectivity index (χ3n) is 4.04. The molecule has 150 valence electrons. The van der Waals surface area contributed by atoms with E-state index in [1.54, 1.807) is 0 Å². The van der Waals surface area contributed by atoms with E-state index in [0.717, 1.165) is 25.5 Å². The van der Waals surface area contributed by atoms with Crippen molar-refractivity contribution in [1.29, 1.82) is 0 Å². The number of hydrogen-bond acceptors (Lipinski definition) is 4. The van der Waals surface area contributed by atoms with E-state index in [1.165, 1.54) is 11.1 Å². The van der Waals surface area contributed by atoms with Crippen LogP contribution in [0.2, 0.25) is 0 Å². The van der Waals surface area contributed by atoms with Crippen LogP contribution in [0.25, 0.3) is 0 Å². The average Bonchev–Trinajstić information content (AvgIpc) is 3.00. The normalized spacial score (nSPS) is 11.8. The summed E-state index contributed by atoms with van der Waals surface area (Å²) in [6, 6.07) is 8.87. The largest absolute Gasteiger partial charge is 0.357 e. The van der Waals surface area contributed by atoms with Crippen molar-refractivity contribution in [3.63, 3.8) is 0 Å². The van der Waals surface area contributed by atoms with Crippen molar-refractivity contribution in [2.45, 2.75) is 52.9 Å². The topological polar surface area (TPSA) is 75.3 Å². The van der Waals surface area contributed by atoms with Gasteiger partial charge in [-0.15, -0.1) is 24.0 Å². The van der Waals surface area contributed by atoms with E-state index in [1.807, 2.05) is 6.92 Å². The van der Waals surface area contributed by atoms with Crippen LogP contribution in [0.5, 0.6) is 0 Å². The lowest BCUT2D eigenvalue weighted by Crippen LogP contribution is -2.38. The van der Waals surface area contributed by atoms with Gasteiger partial charge >= 0.3 is 0 Å². The predicted molar refractivity (Wildman–Crippen MR) is 121 cm³/mol. The average molecular weight is 485 g/mol. The second-order valence-electron chi connectivity index (χ2n) is 7.37. The molecule has 7 heteroatoms. The third-order valence-corrected chi connectivity index (χ3v) is 4.04. The van der Waals surface area contributed by atoms with Crippen molar-refractivity contribution in [3.8, 4) is 0 Å². The van der Waals surface area contributed by atoms with E-state index < -0.39 is 0 Å². The minimum atomic E-state index is 0. The number of guanidine groups is 1. The molecule has 2 rings (SSSR count). The first kappa shape index (κ1) is 23.4. The van der Waals surface area contributed by atoms with E-state index in [9.17, 15) is 0 Å². The highest BCUT2D eigenvalue weighted by Gasteiger charge is 2.12. The maximum atomic E-state index is 5.11. The zero-order valence-electron chi connectivity index (χ0n) is 17.0. The molecule has 27 heavy (non-hydrogen) atoms. The fraction of sp³-hybridized carbons (Fsp3) is 0.550. The first-order valence-corrected chi connectivity index (χ1v) is 9.29. The molecule has 0 radical (unpaired) electrons. The number of aromatic nitrogens is 2. The van der Waals surface area contributed by atoms with Crippen LogP contribution in [0.3, 0.4) is 0 Å². The molecule has 0 fully saturated rings. The first-order valence-electron chi connectivity index (χ1n) is 9.29. The summed E-state index contributed by atoms with van der Waals surface area (Å²) in [4.78, 5) is 8.75. The van der Waals surface area contributed by atoms with Crippen molar-refractivity contribution in [1.82, 2.24) is 20.8 Å². The summed E-state index contributed by atoms with van der Waals surface area (Å²) in [5, 5.41) is 10.4. The van der Waals surface area contributed by atoms with Gasteiger partial charge in [-0.25, -0.2) is 0 Å². The number of aliphatic imine (C=N–C) groups is 1. The van der Waals surface area contributed by atoms with Crippen molar-refractivity contribution < 1.29 is 4.52 Å². The molecule has 0 unspecified atom stereocenters. The molecule has 0 saturated carbocycles. The fourth-order valence-corrected chi connectivity index (χ4v) is 2.54. The highest BCUT2D eigenvalue weighted by molar-refractivity contribution is 14.0. The maximum absolute atomic E-state index is 5.11. The van der Waals surface area contributed by atoms with Gasteiger partial charge in [0.25, 0.3) is 0 Å². The molecule has 0 amide bonds. The second-order valence-corrected chi connectivity index (χ2v) is 7.37. The summed E-state index contributed by atoms with van der Waals surface area (Å²) in [5.41, 5.74) is 2.88. The minimum Gasteiger partial charge on any atom is -0.357 e. The molecule has 0 spiro atoms. The Morgan fingerprint density at radius 1 is 1.11 bits per heavy atom. The van der Waals surface area contributed by atoms with Gasteiger partial charge in [0, 0.05) is 19.5 Å². The van der Waals surface area contributed by atoms with Gasteiger partial charge in [-0.3, -0.25) is 4.99 Å². The van der Waals surface area contributed by atoms with Crippen LogP contribution in [-0.4, -0.2) is 35.7 Å². The number of aryl methyl sites for hydroxylation is 1. The van der Waals surface area contributed by atoms with E-state index in [2.05, 4.69) is 77.7 Å². The summed E-state index contributed by atoms with van der Waals surface area (Å²) in [5.74, 6) is 2.10. The Balaban J connectivity index is 0.00000364. The Morgan fingerprint density at radius 2 is 1.81 bits per heavy atom. The molecular formula is C20H32IN5O. The summed E-state index contributed by atoms with van der Waals surface area (Å²) in [6.07, 6.45) is 1.60. The van der Waals surface area contributed by atoms with Gasteiger partial charge in [-0.2, -0.15) is 4.98 Å². The summed E-state index contributed by atoms with van der Waals surface area (Å²) >= 11 is 0. The first-order chi connectivity index (χ1) is 12.4. The molecule has 2 N–H and O–H groups in total. The monoisotopic (exact) mass is 485 g/mol. The molecule has 1 aromatic carbocycles. The van der Waals surface area contributed by atoms with Crippen LogP contribution in [0.4, 0.5) is 0 Å². The Morgan fingerprint density at radius 3 is 2.37 bits per heavy atom. The lowest BCUT2D eigenvalue weighted by Gasteiger charge is -2.19. The van der Waals surface area contributed by atoms with Gasteiger partial charge in [0.15, 0.2) is 11.8 Å². The number of hydrogen-bond donors (Lipinski definition) is 2. The molecule has 1 heterocycles. The van der Waals surface area contributed by atoms with Crippen LogP contribution in [0.1, 0.15) is 50.5 Å². The van der Waals surface area contributed by atoms with Crippen molar-refractivity contribution >= 4 is 29.9 Å². The van der Waals surface area contributed by atoms with Gasteiger partial charge in [0.1, 0.15) is 0 Å². The maximum Gasteiger partial charge on any atom is 0.228 e. The van der Waals surface area contributed by atoms with Gasteiger partial charge in [0.05, 0.1) is 6.54 Å². The minimum absolute atomic E-state index is 0. The van der Waals surface area contributed by atoms with Crippen LogP contribution in [0.15, 0.2) is 33.8 Å². The van der Waals surface area contributed by atoms with E-state index in [4.69, 9.17) is 4.52 Å². The van der Waals surface area contributed by atoms with Gasteiger partial charge in [-0.1, -0.05) is 50.2 Å². The van der Waals surface area contributed by atoms with Crippen molar-refractivity contribution in [2.75, 3.05) is 19.6 Å². The Kier molecular flexibility index (Phi) is 9.76. The lowest BCUT2D eigenvalue weighted by atomic mass is 9.86. The van der Waals surface area contributed by atoms with Crippen LogP contribution in [0, 0.1) is 6.92 Å². The number of rotatable bonds is 7. The predicted octanol–water partition coefficient (Wildman–Crippen LogP) is 3.63. The zero-order valence-corrected chi connectivity index (χ0v) is 19.3. The number of halogens is 1. The standard InChI is InChI=1S/C20H31N5O.HI/c1-6-21-19(23-14-12-18-24-15(2)25-26-18)22-13-11-16-7-9-17(10-8-16)20(3,4)5;/h7-10H,6,11-14H2,1-5H3,(H2,21,22,23);1H. The van der Waals surface area contributed by atoms with E-state index in [0.29, 0.717) is 24.7 Å². The third kappa shape index (κ3) is 8.28. The van der Waals surface area contributed by atoms with Crippen LogP contribution in [-0.2, 0) is 18.3 Å². The molecule has 2 aromatic rings. The molecule has 0 saturated heterocycles.